The van der Waals surface area contributed by atoms with Crippen LogP contribution in [0.5, 0.6) is 0 Å². The third-order valence-electron chi connectivity index (χ3n) is 3.48. The number of halogens is 1. The number of hydrogen-bond acceptors (Lipinski definition) is 4. The number of alkyl halides is 1. The van der Waals surface area contributed by atoms with E-state index >= 15 is 0 Å². The van der Waals surface area contributed by atoms with E-state index in [-0.39, 0.29) is 24.7 Å². The molecule has 2 rings (SSSR count). The summed E-state index contributed by atoms with van der Waals surface area (Å²) in [7, 11) is 0. The van der Waals surface area contributed by atoms with Gasteiger partial charge in [-0.25, -0.2) is 4.79 Å². The second-order valence-corrected chi connectivity index (χ2v) is 5.79. The van der Waals surface area contributed by atoms with Gasteiger partial charge in [-0.3, -0.25) is 9.59 Å². The van der Waals surface area contributed by atoms with Gasteiger partial charge in [0.1, 0.15) is 0 Å². The van der Waals surface area contributed by atoms with Gasteiger partial charge in [0.05, 0.1) is 12.3 Å². The second kappa shape index (κ2) is 5.86. The highest BCUT2D eigenvalue weighted by Gasteiger charge is 2.45. The maximum absolute atomic E-state index is 12.1. The summed E-state index contributed by atoms with van der Waals surface area (Å²) in [6.07, 6.45) is 5.17. The molecule has 1 aliphatic carbocycles. The highest BCUT2D eigenvalue weighted by atomic mass is 79.9. The van der Waals surface area contributed by atoms with Crippen molar-refractivity contribution in [2.24, 2.45) is 17.8 Å². The lowest BCUT2D eigenvalue weighted by Crippen LogP contribution is -2.34. The molecular formula is C13H16BrNO4. The van der Waals surface area contributed by atoms with Crippen LogP contribution in [0.15, 0.2) is 12.2 Å². The minimum Gasteiger partial charge on any atom is -0.330 e. The molecule has 5 nitrogen and oxygen atoms in total. The topological polar surface area (TPSA) is 63.7 Å². The zero-order chi connectivity index (χ0) is 14.0. The number of hydrogen-bond donors (Lipinski definition) is 0. The van der Waals surface area contributed by atoms with Crippen LogP contribution in [0, 0.1) is 17.8 Å². The number of amides is 2. The molecule has 104 valence electrons. The smallest absolute Gasteiger partial charge is 0.330 e. The number of rotatable bonds is 4. The van der Waals surface area contributed by atoms with E-state index in [2.05, 4.69) is 28.9 Å². The van der Waals surface area contributed by atoms with E-state index in [0.717, 1.165) is 6.42 Å². The lowest BCUT2D eigenvalue weighted by Gasteiger charge is -2.16. The minimum atomic E-state index is -0.574. The zero-order valence-electron chi connectivity index (χ0n) is 10.7. The molecule has 0 aromatic carbocycles. The molecule has 1 fully saturated rings. The molecule has 3 atom stereocenters. The summed E-state index contributed by atoms with van der Waals surface area (Å²) in [5.74, 6) is -1.27. The highest BCUT2D eigenvalue weighted by molar-refractivity contribution is 9.09. The predicted molar refractivity (Wildman–Crippen MR) is 70.9 cm³/mol. The van der Waals surface area contributed by atoms with E-state index in [1.807, 2.05) is 6.08 Å². The van der Waals surface area contributed by atoms with Crippen LogP contribution in [0.2, 0.25) is 0 Å². The fourth-order valence-electron chi connectivity index (χ4n) is 2.50. The van der Waals surface area contributed by atoms with E-state index in [0.29, 0.717) is 16.3 Å². The Morgan fingerprint density at radius 2 is 2.21 bits per heavy atom. The first-order valence-corrected chi connectivity index (χ1v) is 7.47. The van der Waals surface area contributed by atoms with Crippen LogP contribution >= 0.6 is 15.9 Å². The Morgan fingerprint density at radius 3 is 2.79 bits per heavy atom. The average Bonchev–Trinajstić information content (AvgIpc) is 2.88. The summed E-state index contributed by atoms with van der Waals surface area (Å²) in [5, 5.41) is 1.08. The molecule has 2 aliphatic rings. The van der Waals surface area contributed by atoms with Crippen molar-refractivity contribution in [3.05, 3.63) is 12.2 Å². The first-order chi connectivity index (χ1) is 9.02. The molecular weight excluding hydrogens is 314 g/mol. The van der Waals surface area contributed by atoms with Gasteiger partial charge < -0.3 is 4.84 Å². The Morgan fingerprint density at radius 1 is 1.47 bits per heavy atom. The van der Waals surface area contributed by atoms with E-state index in [1.54, 1.807) is 0 Å². The summed E-state index contributed by atoms with van der Waals surface area (Å²) in [4.78, 5) is 40.1. The number of allylic oxidation sites excluding steroid dienone is 2. The van der Waals surface area contributed by atoms with E-state index < -0.39 is 17.8 Å². The standard InChI is InChI=1S/C13H16BrNO4/c1-8-2-3-9(6-8)10-7-11(16)15(13(10)18)19-12(17)4-5-14/h2-3,8-10H,4-7H2,1H3. The molecule has 1 heterocycles. The van der Waals surface area contributed by atoms with Crippen LogP contribution in [0.25, 0.3) is 0 Å². The summed E-state index contributed by atoms with van der Waals surface area (Å²) < 4.78 is 0. The number of imide groups is 1. The molecule has 1 saturated heterocycles. The Balaban J connectivity index is 2.00. The third kappa shape index (κ3) is 3.05. The van der Waals surface area contributed by atoms with Crippen molar-refractivity contribution < 1.29 is 19.2 Å². The number of hydroxylamine groups is 2. The average molecular weight is 330 g/mol. The molecule has 0 aromatic rings. The molecule has 1 aliphatic heterocycles. The van der Waals surface area contributed by atoms with E-state index in [1.165, 1.54) is 0 Å². The third-order valence-corrected chi connectivity index (χ3v) is 3.87. The first-order valence-electron chi connectivity index (χ1n) is 6.34. The number of nitrogens with zero attached hydrogens (tertiary/aromatic N) is 1. The molecule has 0 radical (unpaired) electrons. The van der Waals surface area contributed by atoms with Crippen LogP contribution in [0.4, 0.5) is 0 Å². The molecule has 2 amide bonds. The van der Waals surface area contributed by atoms with Crippen LogP contribution < -0.4 is 0 Å². The van der Waals surface area contributed by atoms with Gasteiger partial charge in [0.2, 0.25) is 0 Å². The Kier molecular flexibility index (Phi) is 4.39. The SMILES string of the molecule is CC1C=CC(C2CC(=O)N(OC(=O)CCBr)C2=O)C1. The Hall–Kier alpha value is -1.17. The first kappa shape index (κ1) is 14.2. The van der Waals surface area contributed by atoms with Crippen molar-refractivity contribution in [2.75, 3.05) is 5.33 Å². The van der Waals surface area contributed by atoms with E-state index in [9.17, 15) is 14.4 Å². The Bertz CT molecular complexity index is 434. The maximum Gasteiger partial charge on any atom is 0.334 e. The predicted octanol–water partition coefficient (Wildman–Crippen LogP) is 1.82. The van der Waals surface area contributed by atoms with Gasteiger partial charge in [-0.2, -0.15) is 0 Å². The van der Waals surface area contributed by atoms with Crippen LogP contribution in [-0.4, -0.2) is 28.2 Å². The zero-order valence-corrected chi connectivity index (χ0v) is 12.3. The summed E-state index contributed by atoms with van der Waals surface area (Å²) in [5.41, 5.74) is 0. The second-order valence-electron chi connectivity index (χ2n) is 5.00. The van der Waals surface area contributed by atoms with Crippen molar-refractivity contribution in [1.29, 1.82) is 0 Å². The van der Waals surface area contributed by atoms with Crippen molar-refractivity contribution in [1.82, 2.24) is 5.06 Å². The van der Waals surface area contributed by atoms with Gasteiger partial charge in [0.25, 0.3) is 11.8 Å². The van der Waals surface area contributed by atoms with Gasteiger partial charge >= 0.3 is 5.97 Å². The maximum atomic E-state index is 12.1. The van der Waals surface area contributed by atoms with Crippen molar-refractivity contribution >= 4 is 33.7 Å². The van der Waals surface area contributed by atoms with Gasteiger partial charge in [-0.15, -0.1) is 5.06 Å². The molecule has 3 unspecified atom stereocenters. The Labute approximate surface area is 120 Å². The monoisotopic (exact) mass is 329 g/mol. The highest BCUT2D eigenvalue weighted by Crippen LogP contribution is 2.35. The summed E-state index contributed by atoms with van der Waals surface area (Å²) in [6.45, 7) is 2.07. The fourth-order valence-corrected chi connectivity index (χ4v) is 2.83. The largest absolute Gasteiger partial charge is 0.334 e. The molecule has 0 spiro atoms. The fraction of sp³-hybridized carbons (Fsp3) is 0.615. The molecule has 0 N–H and O–H groups in total. The molecule has 6 heteroatoms. The summed E-state index contributed by atoms with van der Waals surface area (Å²) in [6, 6.07) is 0. The van der Waals surface area contributed by atoms with E-state index in [4.69, 9.17) is 4.84 Å². The quantitative estimate of drug-likeness (QED) is 0.448. The van der Waals surface area contributed by atoms with Gasteiger partial charge in [-0.1, -0.05) is 35.0 Å². The summed E-state index contributed by atoms with van der Waals surface area (Å²) >= 11 is 3.10. The van der Waals surface area contributed by atoms with Gasteiger partial charge in [-0.05, 0) is 18.3 Å². The minimum absolute atomic E-state index is 0.0753. The molecule has 0 bridgehead atoms. The van der Waals surface area contributed by atoms with Crippen molar-refractivity contribution in [3.8, 4) is 0 Å². The van der Waals surface area contributed by atoms with Crippen molar-refractivity contribution in [2.45, 2.75) is 26.2 Å². The lowest BCUT2D eigenvalue weighted by molar-refractivity contribution is -0.198. The normalized spacial score (nSPS) is 30.2. The molecule has 19 heavy (non-hydrogen) atoms. The number of carbonyl (C=O) groups excluding carboxylic acids is 3. The van der Waals surface area contributed by atoms with Crippen LogP contribution in [-0.2, 0) is 19.2 Å². The van der Waals surface area contributed by atoms with Gasteiger partial charge in [0, 0.05) is 11.8 Å². The molecule has 0 aromatic heterocycles. The molecule has 0 saturated carbocycles. The van der Waals surface area contributed by atoms with Gasteiger partial charge in [0.15, 0.2) is 0 Å². The van der Waals surface area contributed by atoms with Crippen molar-refractivity contribution in [3.63, 3.8) is 0 Å². The number of carbonyl (C=O) groups is 3. The lowest BCUT2D eigenvalue weighted by atomic mass is 9.89. The van der Waals surface area contributed by atoms with Crippen LogP contribution in [0.3, 0.4) is 0 Å². The van der Waals surface area contributed by atoms with Crippen LogP contribution in [0.1, 0.15) is 26.2 Å².